The van der Waals surface area contributed by atoms with Crippen LogP contribution < -0.4 is 0 Å². The van der Waals surface area contributed by atoms with E-state index in [1.54, 1.807) is 0 Å². The summed E-state index contributed by atoms with van der Waals surface area (Å²) in [5.41, 5.74) is 0. The zero-order valence-electron chi connectivity index (χ0n) is 8.05. The summed E-state index contributed by atoms with van der Waals surface area (Å²) < 4.78 is 10.4. The number of hydrogen-bond donors (Lipinski definition) is 0. The van der Waals surface area contributed by atoms with Gasteiger partial charge in [0.1, 0.15) is 0 Å². The second-order valence-corrected chi connectivity index (χ2v) is 2.59. The predicted molar refractivity (Wildman–Crippen MR) is 51.4 cm³/mol. The highest BCUT2D eigenvalue weighted by Gasteiger charge is 1.88. The summed E-state index contributed by atoms with van der Waals surface area (Å²) >= 11 is 0. The maximum atomic E-state index is 5.32. The molecule has 0 fully saturated rings. The number of hydrogen-bond acceptors (Lipinski definition) is 2. The summed E-state index contributed by atoms with van der Waals surface area (Å²) in [6, 6.07) is 0. The van der Waals surface area contributed by atoms with Crippen molar-refractivity contribution < 1.29 is 9.47 Å². The number of rotatable bonds is 9. The highest BCUT2D eigenvalue weighted by Crippen LogP contribution is 1.95. The summed E-state index contributed by atoms with van der Waals surface area (Å²) in [5, 5.41) is 0. The van der Waals surface area contributed by atoms with Gasteiger partial charge in [0, 0.05) is 13.2 Å². The molecule has 0 amide bonds. The molecule has 0 heterocycles. The van der Waals surface area contributed by atoms with Crippen molar-refractivity contribution in [3.05, 3.63) is 12.7 Å². The van der Waals surface area contributed by atoms with E-state index in [9.17, 15) is 0 Å². The second-order valence-electron chi connectivity index (χ2n) is 2.59. The van der Waals surface area contributed by atoms with Gasteiger partial charge in [0.25, 0.3) is 0 Å². The normalized spacial score (nSPS) is 10.1. The van der Waals surface area contributed by atoms with Gasteiger partial charge in [0.15, 0.2) is 0 Å². The van der Waals surface area contributed by atoms with E-state index >= 15 is 0 Å². The highest BCUT2D eigenvalue weighted by molar-refractivity contribution is 4.65. The lowest BCUT2D eigenvalue weighted by molar-refractivity contribution is 0.0515. The minimum absolute atomic E-state index is 0.720. The fraction of sp³-hybridized carbons (Fsp3) is 0.800. The molecule has 0 aromatic rings. The largest absolute Gasteiger partial charge is 0.379 e. The zero-order valence-corrected chi connectivity index (χ0v) is 8.05. The Kier molecular flexibility index (Phi) is 10.4. The molecule has 0 aliphatic heterocycles. The molecule has 0 unspecified atom stereocenters. The molecule has 0 bridgehead atoms. The molecule has 0 aromatic carbocycles. The van der Waals surface area contributed by atoms with Crippen LogP contribution in [0.4, 0.5) is 0 Å². The molecule has 0 N–H and O–H groups in total. The van der Waals surface area contributed by atoms with Gasteiger partial charge in [0.2, 0.25) is 0 Å². The molecule has 72 valence electrons. The summed E-state index contributed by atoms with van der Waals surface area (Å²) in [7, 11) is 0. The fourth-order valence-electron chi connectivity index (χ4n) is 0.857. The van der Waals surface area contributed by atoms with Crippen LogP contribution in [0, 0.1) is 0 Å². The molecule has 0 saturated carbocycles. The van der Waals surface area contributed by atoms with Crippen molar-refractivity contribution >= 4 is 0 Å². The molecule has 12 heavy (non-hydrogen) atoms. The number of ether oxygens (including phenoxy) is 2. The second kappa shape index (κ2) is 10.7. The van der Waals surface area contributed by atoms with Crippen LogP contribution in [0.5, 0.6) is 0 Å². The van der Waals surface area contributed by atoms with E-state index in [1.165, 1.54) is 6.42 Å². The quantitative estimate of drug-likeness (QED) is 0.393. The first-order valence-corrected chi connectivity index (χ1v) is 4.68. The molecule has 0 aliphatic rings. The molecule has 0 saturated heterocycles. The maximum Gasteiger partial charge on any atom is 0.0700 e. The molecule has 0 rings (SSSR count). The predicted octanol–water partition coefficient (Wildman–Crippen LogP) is 2.40. The van der Waals surface area contributed by atoms with E-state index in [0.29, 0.717) is 0 Å². The third-order valence-corrected chi connectivity index (χ3v) is 1.52. The van der Waals surface area contributed by atoms with Crippen LogP contribution in [-0.4, -0.2) is 26.4 Å². The van der Waals surface area contributed by atoms with Gasteiger partial charge in [-0.05, 0) is 26.2 Å². The lowest BCUT2D eigenvalue weighted by Crippen LogP contribution is -2.04. The van der Waals surface area contributed by atoms with Gasteiger partial charge in [-0.15, -0.1) is 6.58 Å². The van der Waals surface area contributed by atoms with Gasteiger partial charge in [-0.2, -0.15) is 0 Å². The molecule has 0 spiro atoms. The third kappa shape index (κ3) is 9.66. The van der Waals surface area contributed by atoms with E-state index in [2.05, 4.69) is 6.58 Å². The Morgan fingerprint density at radius 3 is 2.50 bits per heavy atom. The van der Waals surface area contributed by atoms with Crippen LogP contribution in [0.3, 0.4) is 0 Å². The Morgan fingerprint density at radius 2 is 1.83 bits per heavy atom. The SMILES string of the molecule is C=CCCCCOCCOCC. The number of unbranched alkanes of at least 4 members (excludes halogenated alkanes) is 2. The van der Waals surface area contributed by atoms with Crippen LogP contribution >= 0.6 is 0 Å². The van der Waals surface area contributed by atoms with Crippen LogP contribution in [0.2, 0.25) is 0 Å². The van der Waals surface area contributed by atoms with Crippen molar-refractivity contribution in [2.24, 2.45) is 0 Å². The monoisotopic (exact) mass is 172 g/mol. The summed E-state index contributed by atoms with van der Waals surface area (Å²) in [6.07, 6.45) is 5.34. The van der Waals surface area contributed by atoms with Crippen molar-refractivity contribution in [3.8, 4) is 0 Å². The van der Waals surface area contributed by atoms with Gasteiger partial charge in [-0.25, -0.2) is 0 Å². The maximum absolute atomic E-state index is 5.32. The molecule has 2 nitrogen and oxygen atoms in total. The van der Waals surface area contributed by atoms with Crippen molar-refractivity contribution in [2.75, 3.05) is 26.4 Å². The lowest BCUT2D eigenvalue weighted by Gasteiger charge is -2.02. The molecular formula is C10H20O2. The van der Waals surface area contributed by atoms with E-state index in [0.717, 1.165) is 39.3 Å². The average molecular weight is 172 g/mol. The van der Waals surface area contributed by atoms with Crippen LogP contribution in [0.1, 0.15) is 26.2 Å². The Labute approximate surface area is 75.6 Å². The van der Waals surface area contributed by atoms with E-state index in [4.69, 9.17) is 9.47 Å². The topological polar surface area (TPSA) is 18.5 Å². The third-order valence-electron chi connectivity index (χ3n) is 1.52. The molecule has 0 atom stereocenters. The Bertz CT molecular complexity index is 91.8. The molecule has 0 aliphatic carbocycles. The minimum atomic E-state index is 0.720. The van der Waals surface area contributed by atoms with Crippen molar-refractivity contribution in [2.45, 2.75) is 26.2 Å². The first-order chi connectivity index (χ1) is 5.91. The highest BCUT2D eigenvalue weighted by atomic mass is 16.5. The van der Waals surface area contributed by atoms with E-state index in [1.807, 2.05) is 13.0 Å². The van der Waals surface area contributed by atoms with E-state index in [-0.39, 0.29) is 0 Å². The van der Waals surface area contributed by atoms with Crippen LogP contribution in [0.25, 0.3) is 0 Å². The average Bonchev–Trinajstić information content (AvgIpc) is 2.10. The Balaban J connectivity index is 2.77. The van der Waals surface area contributed by atoms with Crippen molar-refractivity contribution in [3.63, 3.8) is 0 Å². The fourth-order valence-corrected chi connectivity index (χ4v) is 0.857. The Morgan fingerprint density at radius 1 is 1.08 bits per heavy atom. The van der Waals surface area contributed by atoms with E-state index < -0.39 is 0 Å². The minimum Gasteiger partial charge on any atom is -0.379 e. The lowest BCUT2D eigenvalue weighted by atomic mass is 10.2. The van der Waals surface area contributed by atoms with Gasteiger partial charge in [-0.1, -0.05) is 6.08 Å². The smallest absolute Gasteiger partial charge is 0.0700 e. The van der Waals surface area contributed by atoms with Gasteiger partial charge >= 0.3 is 0 Å². The first-order valence-electron chi connectivity index (χ1n) is 4.68. The van der Waals surface area contributed by atoms with Crippen molar-refractivity contribution in [1.82, 2.24) is 0 Å². The standard InChI is InChI=1S/C10H20O2/c1-3-5-6-7-8-12-10-9-11-4-2/h3H,1,4-10H2,2H3. The van der Waals surface area contributed by atoms with Gasteiger partial charge in [0.05, 0.1) is 13.2 Å². The summed E-state index contributed by atoms with van der Waals surface area (Å²) in [6.45, 7) is 8.72. The first kappa shape index (κ1) is 11.7. The molecule has 0 aromatic heterocycles. The van der Waals surface area contributed by atoms with Crippen LogP contribution in [0.15, 0.2) is 12.7 Å². The zero-order chi connectivity index (χ0) is 9.07. The van der Waals surface area contributed by atoms with Crippen molar-refractivity contribution in [1.29, 1.82) is 0 Å². The van der Waals surface area contributed by atoms with Gasteiger partial charge in [-0.3, -0.25) is 0 Å². The summed E-state index contributed by atoms with van der Waals surface area (Å²) in [5.74, 6) is 0. The molecule has 0 radical (unpaired) electrons. The molecule has 2 heteroatoms. The van der Waals surface area contributed by atoms with Crippen LogP contribution in [-0.2, 0) is 9.47 Å². The Hall–Kier alpha value is -0.340. The summed E-state index contributed by atoms with van der Waals surface area (Å²) in [4.78, 5) is 0. The number of allylic oxidation sites excluding steroid dienone is 1. The molecular weight excluding hydrogens is 152 g/mol. The van der Waals surface area contributed by atoms with Gasteiger partial charge < -0.3 is 9.47 Å².